The molecule has 3 atom stereocenters. The van der Waals surface area contributed by atoms with Crippen molar-refractivity contribution in [3.63, 3.8) is 0 Å². The Morgan fingerprint density at radius 1 is 1.31 bits per heavy atom. The van der Waals surface area contributed by atoms with Crippen LogP contribution in [0.4, 0.5) is 5.69 Å². The van der Waals surface area contributed by atoms with Crippen LogP contribution in [0.25, 0.3) is 0 Å². The highest BCUT2D eigenvalue weighted by atomic mass is 16.5. The van der Waals surface area contributed by atoms with Crippen LogP contribution in [0.2, 0.25) is 0 Å². The van der Waals surface area contributed by atoms with E-state index in [9.17, 15) is 14.7 Å². The van der Waals surface area contributed by atoms with Gasteiger partial charge in [0.25, 0.3) is 5.91 Å². The largest absolute Gasteiger partial charge is 0.488 e. The van der Waals surface area contributed by atoms with Gasteiger partial charge in [0.2, 0.25) is 5.91 Å². The smallest absolute Gasteiger partial charge is 0.258 e. The summed E-state index contributed by atoms with van der Waals surface area (Å²) in [5.41, 5.74) is 0.951. The summed E-state index contributed by atoms with van der Waals surface area (Å²) in [6, 6.07) is 4.86. The molecule has 1 saturated heterocycles. The van der Waals surface area contributed by atoms with Crippen molar-refractivity contribution in [1.29, 1.82) is 0 Å². The minimum Gasteiger partial charge on any atom is -0.488 e. The van der Waals surface area contributed by atoms with Gasteiger partial charge in [0.05, 0.1) is 31.4 Å². The van der Waals surface area contributed by atoms with Crippen molar-refractivity contribution in [2.75, 3.05) is 64.9 Å². The number of carbonyl (C=O) groups is 2. The number of hydrogen-bond acceptors (Lipinski definition) is 7. The van der Waals surface area contributed by atoms with Gasteiger partial charge in [-0.3, -0.25) is 14.5 Å². The summed E-state index contributed by atoms with van der Waals surface area (Å²) in [5.74, 6) is 0.259. The Morgan fingerprint density at radius 3 is 2.75 bits per heavy atom. The number of morpholine rings is 1. The topological polar surface area (TPSA) is 103 Å². The second kappa shape index (κ2) is 11.6. The van der Waals surface area contributed by atoms with Gasteiger partial charge in [0.1, 0.15) is 11.9 Å². The number of aliphatic hydroxyl groups is 1. The zero-order valence-corrected chi connectivity index (χ0v) is 19.3. The van der Waals surface area contributed by atoms with Gasteiger partial charge >= 0.3 is 0 Å². The molecule has 0 unspecified atom stereocenters. The van der Waals surface area contributed by atoms with Gasteiger partial charge in [0.15, 0.2) is 0 Å². The Labute approximate surface area is 190 Å². The molecule has 178 valence electrons. The number of hydrogen-bond donors (Lipinski definition) is 3. The summed E-state index contributed by atoms with van der Waals surface area (Å²) in [5, 5.41) is 15.8. The highest BCUT2D eigenvalue weighted by Gasteiger charge is 2.32. The normalized spacial score (nSPS) is 23.0. The Bertz CT molecular complexity index is 784. The van der Waals surface area contributed by atoms with Crippen LogP contribution in [0.15, 0.2) is 18.2 Å². The van der Waals surface area contributed by atoms with Crippen LogP contribution in [0.3, 0.4) is 0 Å². The van der Waals surface area contributed by atoms with Crippen LogP contribution >= 0.6 is 0 Å². The van der Waals surface area contributed by atoms with Gasteiger partial charge in [-0.15, -0.1) is 0 Å². The fourth-order valence-electron chi connectivity index (χ4n) is 4.05. The molecule has 3 rings (SSSR count). The zero-order valence-electron chi connectivity index (χ0n) is 19.3. The van der Waals surface area contributed by atoms with Crippen molar-refractivity contribution < 1.29 is 24.2 Å². The number of carbonyl (C=O) groups excluding carboxylic acids is 2. The number of nitrogens with one attached hydrogen (secondary N) is 2. The first-order chi connectivity index (χ1) is 15.4. The number of fused-ring (bicyclic) bond motifs is 1. The molecule has 32 heavy (non-hydrogen) atoms. The lowest BCUT2D eigenvalue weighted by Crippen LogP contribution is -2.49. The van der Waals surface area contributed by atoms with Crippen molar-refractivity contribution in [2.45, 2.75) is 32.4 Å². The van der Waals surface area contributed by atoms with Crippen molar-refractivity contribution in [2.24, 2.45) is 5.92 Å². The number of ether oxygens (including phenoxy) is 2. The van der Waals surface area contributed by atoms with Crippen LogP contribution in [-0.4, -0.2) is 98.5 Å². The van der Waals surface area contributed by atoms with Gasteiger partial charge in [-0.2, -0.15) is 0 Å². The molecular weight excluding hydrogens is 412 g/mol. The average molecular weight is 449 g/mol. The molecule has 0 aromatic heterocycles. The molecular formula is C23H36N4O5. The van der Waals surface area contributed by atoms with E-state index in [0.717, 1.165) is 13.1 Å². The number of anilines is 1. The minimum absolute atomic E-state index is 0.0770. The standard InChI is InChI=1S/C23H36N4O5/c1-16-14-27(17(2)15-28)23(30)19-12-18(4-5-20(19)32-21(16)13-24-3)25-22(29)6-7-26-8-10-31-11-9-26/h4-5,12,16-17,21,24,28H,6-11,13-15H2,1-3H3,(H,25,29)/t16-,17-,21+/m1/s1. The fraction of sp³-hybridized carbons (Fsp3) is 0.652. The van der Waals surface area contributed by atoms with E-state index in [1.807, 2.05) is 20.9 Å². The van der Waals surface area contributed by atoms with Gasteiger partial charge < -0.3 is 30.1 Å². The molecule has 1 aromatic carbocycles. The molecule has 2 amide bonds. The summed E-state index contributed by atoms with van der Waals surface area (Å²) in [4.78, 5) is 29.7. The van der Waals surface area contributed by atoms with Crippen molar-refractivity contribution in [3.8, 4) is 5.75 Å². The lowest BCUT2D eigenvalue weighted by Gasteiger charge is -2.37. The Hall–Kier alpha value is -2.20. The first kappa shape index (κ1) is 24.4. The summed E-state index contributed by atoms with van der Waals surface area (Å²) < 4.78 is 11.5. The summed E-state index contributed by atoms with van der Waals surface area (Å²) in [7, 11) is 1.87. The van der Waals surface area contributed by atoms with Crippen molar-refractivity contribution >= 4 is 17.5 Å². The Kier molecular flexibility index (Phi) is 8.86. The highest BCUT2D eigenvalue weighted by molar-refractivity contribution is 5.99. The maximum Gasteiger partial charge on any atom is 0.258 e. The van der Waals surface area contributed by atoms with Crippen LogP contribution in [-0.2, 0) is 9.53 Å². The first-order valence-corrected chi connectivity index (χ1v) is 11.4. The van der Waals surface area contributed by atoms with E-state index >= 15 is 0 Å². The number of likely N-dealkylation sites (N-methyl/N-ethyl adjacent to an activating group) is 1. The molecule has 0 bridgehead atoms. The Morgan fingerprint density at radius 2 is 2.06 bits per heavy atom. The molecule has 2 aliphatic heterocycles. The second-order valence-corrected chi connectivity index (χ2v) is 8.64. The van der Waals surface area contributed by atoms with E-state index < -0.39 is 0 Å². The molecule has 9 nitrogen and oxygen atoms in total. The third kappa shape index (κ3) is 6.19. The monoisotopic (exact) mass is 448 g/mol. The SMILES string of the molecule is CNC[C@@H]1Oc2ccc(NC(=O)CCN3CCOCC3)cc2C(=O)N([C@H](C)CO)C[C@H]1C. The second-order valence-electron chi connectivity index (χ2n) is 8.64. The molecule has 2 heterocycles. The molecule has 1 aromatic rings. The molecule has 0 radical (unpaired) electrons. The van der Waals surface area contributed by atoms with E-state index in [4.69, 9.17) is 9.47 Å². The molecule has 9 heteroatoms. The number of amides is 2. The van der Waals surface area contributed by atoms with Crippen LogP contribution in [0.5, 0.6) is 5.75 Å². The zero-order chi connectivity index (χ0) is 23.1. The van der Waals surface area contributed by atoms with Crippen molar-refractivity contribution in [1.82, 2.24) is 15.1 Å². The number of rotatable bonds is 8. The van der Waals surface area contributed by atoms with Gasteiger partial charge in [-0.25, -0.2) is 0 Å². The molecule has 1 fully saturated rings. The summed E-state index contributed by atoms with van der Waals surface area (Å²) in [6.45, 7) is 8.61. The summed E-state index contributed by atoms with van der Waals surface area (Å²) >= 11 is 0. The first-order valence-electron chi connectivity index (χ1n) is 11.4. The number of aliphatic hydroxyl groups excluding tert-OH is 1. The predicted octanol–water partition coefficient (Wildman–Crippen LogP) is 0.787. The lowest BCUT2D eigenvalue weighted by atomic mass is 9.99. The third-order valence-corrected chi connectivity index (χ3v) is 6.11. The lowest BCUT2D eigenvalue weighted by molar-refractivity contribution is -0.116. The fourth-order valence-corrected chi connectivity index (χ4v) is 4.05. The van der Waals surface area contributed by atoms with Gasteiger partial charge in [-0.1, -0.05) is 6.92 Å². The van der Waals surface area contributed by atoms with E-state index in [1.165, 1.54) is 0 Å². The van der Waals surface area contributed by atoms with Crippen molar-refractivity contribution in [3.05, 3.63) is 23.8 Å². The summed E-state index contributed by atoms with van der Waals surface area (Å²) in [6.07, 6.45) is 0.242. The average Bonchev–Trinajstić information content (AvgIpc) is 2.80. The molecule has 2 aliphatic rings. The molecule has 0 aliphatic carbocycles. The quantitative estimate of drug-likeness (QED) is 0.540. The Balaban J connectivity index is 1.76. The number of benzene rings is 1. The van der Waals surface area contributed by atoms with Crippen LogP contribution in [0.1, 0.15) is 30.6 Å². The van der Waals surface area contributed by atoms with E-state index in [0.29, 0.717) is 56.3 Å². The van der Waals surface area contributed by atoms with Gasteiger partial charge in [0, 0.05) is 50.7 Å². The third-order valence-electron chi connectivity index (χ3n) is 6.11. The van der Waals surface area contributed by atoms with E-state index in [1.54, 1.807) is 23.1 Å². The van der Waals surface area contributed by atoms with Gasteiger partial charge in [-0.05, 0) is 32.2 Å². The molecule has 0 spiro atoms. The predicted molar refractivity (Wildman–Crippen MR) is 122 cm³/mol. The number of nitrogens with zero attached hydrogens (tertiary/aromatic N) is 2. The van der Waals surface area contributed by atoms with Crippen LogP contribution in [0, 0.1) is 5.92 Å². The van der Waals surface area contributed by atoms with E-state index in [-0.39, 0.29) is 36.5 Å². The maximum absolute atomic E-state index is 13.4. The van der Waals surface area contributed by atoms with E-state index in [2.05, 4.69) is 15.5 Å². The molecule has 3 N–H and O–H groups in total. The molecule has 0 saturated carbocycles. The maximum atomic E-state index is 13.4. The minimum atomic E-state index is -0.321. The van der Waals surface area contributed by atoms with Crippen LogP contribution < -0.4 is 15.4 Å². The highest BCUT2D eigenvalue weighted by Crippen LogP contribution is 2.30.